The zero-order valence-corrected chi connectivity index (χ0v) is 15.2. The lowest BCUT2D eigenvalue weighted by Gasteiger charge is -2.24. The van der Waals surface area contributed by atoms with Crippen LogP contribution in [0.3, 0.4) is 0 Å². The van der Waals surface area contributed by atoms with Gasteiger partial charge in [-0.25, -0.2) is 0 Å². The van der Waals surface area contributed by atoms with Gasteiger partial charge in [0.1, 0.15) is 5.54 Å². The minimum absolute atomic E-state index is 0. The van der Waals surface area contributed by atoms with Crippen molar-refractivity contribution in [2.45, 2.75) is 18.2 Å². The molecule has 2 aromatic rings. The quantitative estimate of drug-likeness (QED) is 0.790. The molecule has 0 aliphatic rings. The fourth-order valence-electron chi connectivity index (χ4n) is 2.21. The van der Waals surface area contributed by atoms with E-state index in [4.69, 9.17) is 5.73 Å². The Morgan fingerprint density at radius 3 is 2.21 bits per heavy atom. The van der Waals surface area contributed by atoms with Gasteiger partial charge >= 0.3 is 0 Å². The van der Waals surface area contributed by atoms with E-state index in [0.29, 0.717) is 18.1 Å². The van der Waals surface area contributed by atoms with Crippen molar-refractivity contribution in [2.24, 2.45) is 5.73 Å². The standard InChI is InChI=1S/C18H22N2O2S.ClH/c1-18(19,16-10-6-3-7-11-16)17(21)20-12-13-23(22)14-15-8-4-2-5-9-15;/h2-11H,12-14,19H2,1H3,(H,20,21);1H. The first-order valence-electron chi connectivity index (χ1n) is 7.52. The second-order valence-corrected chi connectivity index (χ2v) is 7.17. The molecule has 0 bridgehead atoms. The normalized spacial score (nSPS) is 14.1. The lowest BCUT2D eigenvalue weighted by molar-refractivity contribution is -0.125. The number of carbonyl (C=O) groups excluding carboxylic acids is 1. The van der Waals surface area contributed by atoms with Gasteiger partial charge in [0.25, 0.3) is 0 Å². The van der Waals surface area contributed by atoms with Gasteiger partial charge in [0, 0.05) is 28.9 Å². The summed E-state index contributed by atoms with van der Waals surface area (Å²) < 4.78 is 12.0. The fourth-order valence-corrected chi connectivity index (χ4v) is 3.25. The van der Waals surface area contributed by atoms with E-state index >= 15 is 0 Å². The fraction of sp³-hybridized carbons (Fsp3) is 0.278. The molecule has 2 aromatic carbocycles. The molecule has 6 heteroatoms. The monoisotopic (exact) mass is 366 g/mol. The predicted molar refractivity (Wildman–Crippen MR) is 101 cm³/mol. The summed E-state index contributed by atoms with van der Waals surface area (Å²) >= 11 is 0. The molecule has 0 saturated carbocycles. The molecule has 130 valence electrons. The molecule has 2 unspecified atom stereocenters. The van der Waals surface area contributed by atoms with Crippen molar-refractivity contribution in [2.75, 3.05) is 12.3 Å². The van der Waals surface area contributed by atoms with Crippen molar-refractivity contribution < 1.29 is 9.00 Å². The third-order valence-electron chi connectivity index (χ3n) is 3.63. The minimum Gasteiger partial charge on any atom is -0.353 e. The number of hydrogen-bond acceptors (Lipinski definition) is 3. The lowest BCUT2D eigenvalue weighted by Crippen LogP contribution is -2.49. The highest BCUT2D eigenvalue weighted by Gasteiger charge is 2.29. The first-order valence-corrected chi connectivity index (χ1v) is 9.00. The van der Waals surface area contributed by atoms with Crippen LogP contribution in [0, 0.1) is 0 Å². The van der Waals surface area contributed by atoms with E-state index in [2.05, 4.69) is 5.32 Å². The predicted octanol–water partition coefficient (Wildman–Crippen LogP) is 2.35. The van der Waals surface area contributed by atoms with Crippen LogP contribution in [0.4, 0.5) is 0 Å². The number of amides is 1. The highest BCUT2D eigenvalue weighted by Crippen LogP contribution is 2.17. The van der Waals surface area contributed by atoms with Crippen LogP contribution in [0.1, 0.15) is 18.1 Å². The van der Waals surface area contributed by atoms with E-state index < -0.39 is 16.3 Å². The highest BCUT2D eigenvalue weighted by molar-refractivity contribution is 7.84. The van der Waals surface area contributed by atoms with E-state index in [1.165, 1.54) is 0 Å². The SMILES string of the molecule is CC(N)(C(=O)NCCS(=O)Cc1ccccc1)c1ccccc1.Cl. The Morgan fingerprint density at radius 1 is 1.08 bits per heavy atom. The summed E-state index contributed by atoms with van der Waals surface area (Å²) in [5.74, 6) is 0.640. The number of nitrogens with two attached hydrogens (primary N) is 1. The number of benzene rings is 2. The molecule has 2 rings (SSSR count). The molecule has 0 spiro atoms. The van der Waals surface area contributed by atoms with Crippen molar-refractivity contribution in [3.8, 4) is 0 Å². The molecule has 0 aliphatic carbocycles. The molecular formula is C18H23ClN2O2S. The van der Waals surface area contributed by atoms with Gasteiger partial charge in [-0.15, -0.1) is 12.4 Å². The number of hydrogen-bond donors (Lipinski definition) is 2. The van der Waals surface area contributed by atoms with Crippen LogP contribution < -0.4 is 11.1 Å². The summed E-state index contributed by atoms with van der Waals surface area (Å²) in [4.78, 5) is 12.3. The number of rotatable bonds is 7. The Labute approximate surface area is 151 Å². The average molecular weight is 367 g/mol. The Hall–Kier alpha value is -1.69. The molecule has 0 fully saturated rings. The Kier molecular flexibility index (Phi) is 8.11. The second-order valence-electron chi connectivity index (χ2n) is 5.60. The molecule has 0 aliphatic heterocycles. The molecular weight excluding hydrogens is 344 g/mol. The summed E-state index contributed by atoms with van der Waals surface area (Å²) in [7, 11) is -1.01. The third kappa shape index (κ3) is 5.74. The number of nitrogens with one attached hydrogen (secondary N) is 1. The van der Waals surface area contributed by atoms with Crippen LogP contribution in [0.15, 0.2) is 60.7 Å². The maximum Gasteiger partial charge on any atom is 0.244 e. The summed E-state index contributed by atoms with van der Waals surface area (Å²) in [6.07, 6.45) is 0. The van der Waals surface area contributed by atoms with Crippen LogP contribution in [0.25, 0.3) is 0 Å². The second kappa shape index (κ2) is 9.57. The van der Waals surface area contributed by atoms with Crippen LogP contribution in [0.2, 0.25) is 0 Å². The van der Waals surface area contributed by atoms with Gasteiger partial charge in [0.05, 0.1) is 0 Å². The lowest BCUT2D eigenvalue weighted by atomic mass is 9.92. The van der Waals surface area contributed by atoms with Gasteiger partial charge in [-0.2, -0.15) is 0 Å². The molecule has 24 heavy (non-hydrogen) atoms. The topological polar surface area (TPSA) is 72.2 Å². The van der Waals surface area contributed by atoms with Crippen molar-refractivity contribution in [3.05, 3.63) is 71.8 Å². The van der Waals surface area contributed by atoms with E-state index in [9.17, 15) is 9.00 Å². The van der Waals surface area contributed by atoms with Gasteiger partial charge in [-0.3, -0.25) is 9.00 Å². The third-order valence-corrected chi connectivity index (χ3v) is 4.95. The van der Waals surface area contributed by atoms with E-state index in [0.717, 1.165) is 11.1 Å². The highest BCUT2D eigenvalue weighted by atomic mass is 35.5. The zero-order chi connectivity index (χ0) is 16.7. The Balaban J connectivity index is 0.00000288. The van der Waals surface area contributed by atoms with Crippen LogP contribution >= 0.6 is 12.4 Å². The van der Waals surface area contributed by atoms with Crippen molar-refractivity contribution in [1.82, 2.24) is 5.32 Å². The molecule has 1 amide bonds. The van der Waals surface area contributed by atoms with Crippen LogP contribution in [-0.2, 0) is 26.9 Å². The van der Waals surface area contributed by atoms with E-state index in [1.807, 2.05) is 60.7 Å². The summed E-state index contributed by atoms with van der Waals surface area (Å²) in [5.41, 5.74) is 6.82. The van der Waals surface area contributed by atoms with Gasteiger partial charge in [-0.05, 0) is 18.1 Å². The summed E-state index contributed by atoms with van der Waals surface area (Å²) in [6, 6.07) is 18.9. The number of carbonyl (C=O) groups is 1. The molecule has 0 saturated heterocycles. The average Bonchev–Trinajstić information content (AvgIpc) is 2.56. The van der Waals surface area contributed by atoms with Gasteiger partial charge in [0.15, 0.2) is 0 Å². The van der Waals surface area contributed by atoms with E-state index in [-0.39, 0.29) is 18.3 Å². The van der Waals surface area contributed by atoms with Crippen molar-refractivity contribution >= 4 is 29.1 Å². The van der Waals surface area contributed by atoms with Gasteiger partial charge in [0.2, 0.25) is 5.91 Å². The minimum atomic E-state index is -1.10. The largest absolute Gasteiger partial charge is 0.353 e. The molecule has 0 radical (unpaired) electrons. The zero-order valence-electron chi connectivity index (χ0n) is 13.6. The molecule has 4 nitrogen and oxygen atoms in total. The van der Waals surface area contributed by atoms with E-state index in [1.54, 1.807) is 6.92 Å². The molecule has 3 N–H and O–H groups in total. The number of halogens is 1. The summed E-state index contributed by atoms with van der Waals surface area (Å²) in [6.45, 7) is 2.02. The Bertz CT molecular complexity index is 663. The Morgan fingerprint density at radius 2 is 1.62 bits per heavy atom. The first kappa shape index (κ1) is 20.4. The van der Waals surface area contributed by atoms with Gasteiger partial charge < -0.3 is 11.1 Å². The molecule has 0 heterocycles. The van der Waals surface area contributed by atoms with Crippen LogP contribution in [0.5, 0.6) is 0 Å². The smallest absolute Gasteiger partial charge is 0.244 e. The molecule has 2 atom stereocenters. The van der Waals surface area contributed by atoms with Crippen molar-refractivity contribution in [3.63, 3.8) is 0 Å². The molecule has 0 aromatic heterocycles. The summed E-state index contributed by atoms with van der Waals surface area (Å²) in [5, 5.41) is 2.78. The maximum absolute atomic E-state index is 12.3. The maximum atomic E-state index is 12.3. The first-order chi connectivity index (χ1) is 11.0. The van der Waals surface area contributed by atoms with Crippen molar-refractivity contribution in [1.29, 1.82) is 0 Å². The van der Waals surface area contributed by atoms with Gasteiger partial charge in [-0.1, -0.05) is 60.7 Å². The van der Waals surface area contributed by atoms with Crippen LogP contribution in [-0.4, -0.2) is 22.4 Å².